The van der Waals surface area contributed by atoms with Crippen LogP contribution >= 0.6 is 0 Å². The van der Waals surface area contributed by atoms with Crippen molar-refractivity contribution in [2.45, 2.75) is 80.8 Å². The first kappa shape index (κ1) is 36.1. The molecule has 0 amide bonds. The third-order valence-corrected chi connectivity index (χ3v) is 7.44. The highest BCUT2D eigenvalue weighted by atomic mass is 19.1. The van der Waals surface area contributed by atoms with Crippen LogP contribution in [0.4, 0.5) is 8.78 Å². The van der Waals surface area contributed by atoms with Gasteiger partial charge in [-0.2, -0.15) is 9.59 Å². The minimum Gasteiger partial charge on any atom is -0.482 e. The van der Waals surface area contributed by atoms with Gasteiger partial charge in [0.05, 0.1) is 11.4 Å². The summed E-state index contributed by atoms with van der Waals surface area (Å²) in [7, 11) is 0. The van der Waals surface area contributed by atoms with Crippen molar-refractivity contribution in [2.24, 2.45) is 5.92 Å². The normalized spacial score (nSPS) is 11.4. The first-order valence-corrected chi connectivity index (χ1v) is 16.3. The molecule has 0 spiro atoms. The van der Waals surface area contributed by atoms with Gasteiger partial charge >= 0.3 is 0 Å². The number of nitrogens with zero attached hydrogens (tertiary/aromatic N) is 6. The number of aliphatic hydroxyl groups excluding tert-OH is 1. The van der Waals surface area contributed by atoms with Gasteiger partial charge in [-0.15, -0.1) is 20.4 Å². The van der Waals surface area contributed by atoms with Gasteiger partial charge in [-0.05, 0) is 81.3 Å². The molecule has 0 fully saturated rings. The zero-order valence-corrected chi connectivity index (χ0v) is 29.3. The van der Waals surface area contributed by atoms with Crippen LogP contribution in [0.15, 0.2) is 66.7 Å². The summed E-state index contributed by atoms with van der Waals surface area (Å²) in [5.74, 6) is -1.33. The molecule has 6 aromatic rings. The van der Waals surface area contributed by atoms with Gasteiger partial charge in [-0.3, -0.25) is 0 Å². The minimum absolute atomic E-state index is 0.142. The van der Waals surface area contributed by atoms with Crippen molar-refractivity contribution in [3.05, 3.63) is 101 Å². The number of hydrogen-bond donors (Lipinski definition) is 1. The van der Waals surface area contributed by atoms with E-state index in [9.17, 15) is 8.78 Å². The number of ether oxygens (including phenoxy) is 1. The van der Waals surface area contributed by atoms with E-state index in [4.69, 9.17) is 9.84 Å². The van der Waals surface area contributed by atoms with Crippen LogP contribution in [0.1, 0.15) is 70.2 Å². The van der Waals surface area contributed by atoms with Gasteiger partial charge in [0.1, 0.15) is 27.7 Å². The van der Waals surface area contributed by atoms with Crippen molar-refractivity contribution in [1.82, 2.24) is 30.0 Å². The van der Waals surface area contributed by atoms with Gasteiger partial charge < -0.3 is 9.84 Å². The maximum absolute atomic E-state index is 14.6. The van der Waals surface area contributed by atoms with Crippen LogP contribution in [0.2, 0.25) is 0 Å². The fraction of sp³-hybridized carbons (Fsp3) is 0.368. The van der Waals surface area contributed by atoms with Gasteiger partial charge in [0.15, 0.2) is 17.4 Å². The Morgan fingerprint density at radius 1 is 0.708 bits per heavy atom. The van der Waals surface area contributed by atoms with E-state index in [2.05, 4.69) is 67.1 Å². The van der Waals surface area contributed by atoms with Crippen molar-refractivity contribution < 1.29 is 18.6 Å². The number of halogens is 2. The number of rotatable bonds is 7. The Balaban J connectivity index is 0.000000210. The van der Waals surface area contributed by atoms with Crippen LogP contribution in [0, 0.1) is 38.3 Å². The van der Waals surface area contributed by atoms with Crippen LogP contribution in [0.3, 0.4) is 0 Å². The molecule has 4 aromatic carbocycles. The first-order chi connectivity index (χ1) is 22.7. The van der Waals surface area contributed by atoms with Gasteiger partial charge in [0.25, 0.3) is 0 Å². The lowest BCUT2D eigenvalue weighted by molar-refractivity contribution is 0.0676. The van der Waals surface area contributed by atoms with Crippen molar-refractivity contribution in [3.63, 3.8) is 0 Å². The lowest BCUT2D eigenvalue weighted by Crippen LogP contribution is -2.30. The molecule has 2 heterocycles. The van der Waals surface area contributed by atoms with Crippen LogP contribution in [-0.4, -0.2) is 47.3 Å². The van der Waals surface area contributed by atoms with Crippen LogP contribution in [0.5, 0.6) is 5.75 Å². The fourth-order valence-corrected chi connectivity index (χ4v) is 4.85. The molecule has 0 bridgehead atoms. The molecule has 0 aliphatic rings. The van der Waals surface area contributed by atoms with E-state index >= 15 is 0 Å². The molecule has 0 aliphatic carbocycles. The van der Waals surface area contributed by atoms with Gasteiger partial charge in [-0.1, -0.05) is 70.2 Å². The monoisotopic (exact) mass is 656 g/mol. The zero-order chi connectivity index (χ0) is 35.2. The lowest BCUT2D eigenvalue weighted by Gasteiger charge is -2.26. The molecule has 6 rings (SSSR count). The summed E-state index contributed by atoms with van der Waals surface area (Å²) in [6.45, 7) is 17.7. The molecule has 10 heteroatoms. The molecule has 0 atom stereocenters. The molecule has 1 N–H and O–H groups in total. The predicted octanol–water partition coefficient (Wildman–Crippen LogP) is 8.81. The summed E-state index contributed by atoms with van der Waals surface area (Å²) in [4.78, 5) is 2.94. The Bertz CT molecular complexity index is 1920. The second kappa shape index (κ2) is 15.5. The molecular formula is C38H46F2N6O2. The van der Waals surface area contributed by atoms with E-state index in [0.717, 1.165) is 69.0 Å². The number of fused-ring (bicyclic) bond motifs is 2. The predicted molar refractivity (Wildman–Crippen MR) is 188 cm³/mol. The average molecular weight is 657 g/mol. The van der Waals surface area contributed by atoms with Crippen LogP contribution in [0.25, 0.3) is 33.4 Å². The van der Waals surface area contributed by atoms with Crippen molar-refractivity contribution in [2.75, 3.05) is 6.61 Å². The largest absolute Gasteiger partial charge is 0.482 e. The summed E-state index contributed by atoms with van der Waals surface area (Å²) < 4.78 is 34.6. The molecular weight excluding hydrogens is 610 g/mol. The second-order valence-electron chi connectivity index (χ2n) is 13.1. The maximum Gasteiger partial charge on any atom is 0.191 e. The summed E-state index contributed by atoms with van der Waals surface area (Å²) in [6, 6.07) is 20.4. The highest BCUT2D eigenvalue weighted by Gasteiger charge is 2.25. The maximum atomic E-state index is 14.6. The molecule has 0 aliphatic heterocycles. The van der Waals surface area contributed by atoms with E-state index in [1.165, 1.54) is 4.80 Å². The Morgan fingerprint density at radius 2 is 1.15 bits per heavy atom. The molecule has 254 valence electrons. The summed E-state index contributed by atoms with van der Waals surface area (Å²) in [5.41, 5.74) is 7.95. The van der Waals surface area contributed by atoms with Crippen LogP contribution in [-0.2, 0) is 6.42 Å². The molecule has 0 saturated heterocycles. The molecule has 0 saturated carbocycles. The topological polar surface area (TPSA) is 90.9 Å². The highest BCUT2D eigenvalue weighted by Crippen LogP contribution is 2.30. The lowest BCUT2D eigenvalue weighted by atomic mass is 10.1. The van der Waals surface area contributed by atoms with E-state index in [0.29, 0.717) is 5.52 Å². The summed E-state index contributed by atoms with van der Waals surface area (Å²) >= 11 is 0. The number of hydrogen-bond acceptors (Lipinski definition) is 6. The van der Waals surface area contributed by atoms with Crippen molar-refractivity contribution in [1.29, 1.82) is 0 Å². The molecule has 8 nitrogen and oxygen atoms in total. The van der Waals surface area contributed by atoms with Gasteiger partial charge in [-0.25, -0.2) is 8.78 Å². The Labute approximate surface area is 281 Å². The molecule has 2 aromatic heterocycles. The van der Waals surface area contributed by atoms with Crippen molar-refractivity contribution in [3.8, 4) is 17.1 Å². The third-order valence-electron chi connectivity index (χ3n) is 7.44. The minimum atomic E-state index is -0.899. The summed E-state index contributed by atoms with van der Waals surface area (Å²) in [5, 5.41) is 27.0. The van der Waals surface area contributed by atoms with Gasteiger partial charge in [0.2, 0.25) is 0 Å². The van der Waals surface area contributed by atoms with E-state index in [1.54, 1.807) is 18.6 Å². The standard InChI is InChI=1S/C20H23F2N3O2.C14H13N3.C4H10/c1-5-13-7-6-12(2)17-18(13)24-25(23-17)14-10-15(21)19(16(22)11-14)27-20(3,4)8-9-26;1-10-8-9-11(2)14-13(10)15-17(16-14)12-6-4-3-5-7-12;1-4(2)3/h6-7,10-11,26H,5,8-9H2,1-4H3;3-9H,1-2H3;4H,1-3H3. The summed E-state index contributed by atoms with van der Waals surface area (Å²) in [6.07, 6.45) is 1.03. The fourth-order valence-electron chi connectivity index (χ4n) is 4.85. The first-order valence-electron chi connectivity index (χ1n) is 16.3. The Morgan fingerprint density at radius 3 is 1.62 bits per heavy atom. The number of para-hydroxylation sites is 1. The number of aromatic nitrogens is 6. The van der Waals surface area contributed by atoms with E-state index in [-0.39, 0.29) is 18.7 Å². The zero-order valence-electron chi connectivity index (χ0n) is 29.3. The number of aryl methyl sites for hydroxylation is 4. The third kappa shape index (κ3) is 8.60. The number of aliphatic hydroxyl groups is 1. The molecule has 48 heavy (non-hydrogen) atoms. The number of benzene rings is 4. The molecule has 0 radical (unpaired) electrons. The van der Waals surface area contributed by atoms with E-state index < -0.39 is 23.0 Å². The van der Waals surface area contributed by atoms with E-state index in [1.807, 2.05) is 56.3 Å². The van der Waals surface area contributed by atoms with Crippen molar-refractivity contribution >= 4 is 22.1 Å². The molecule has 0 unspecified atom stereocenters. The second-order valence-corrected chi connectivity index (χ2v) is 13.1. The highest BCUT2D eigenvalue weighted by molar-refractivity contribution is 5.81. The quantitative estimate of drug-likeness (QED) is 0.185. The SMILES string of the molecule is CC(C)C.CCc1ccc(C)c2nn(-c3cc(F)c(OC(C)(C)CCO)c(F)c3)nc12.Cc1ccc(C)c2nn(-c3ccccc3)nc12. The van der Waals surface area contributed by atoms with Crippen LogP contribution < -0.4 is 4.74 Å². The Hall–Kier alpha value is -4.70. The Kier molecular flexibility index (Phi) is 11.6. The smallest absolute Gasteiger partial charge is 0.191 e. The van der Waals surface area contributed by atoms with Gasteiger partial charge in [0, 0.05) is 25.2 Å². The average Bonchev–Trinajstić information content (AvgIpc) is 3.69.